The lowest BCUT2D eigenvalue weighted by Gasteiger charge is -2.22. The van der Waals surface area contributed by atoms with E-state index >= 15 is 0 Å². The summed E-state index contributed by atoms with van der Waals surface area (Å²) in [6.45, 7) is 0.578. The molecule has 0 aliphatic carbocycles. The van der Waals surface area contributed by atoms with Crippen LogP contribution in [-0.2, 0) is 4.79 Å². The van der Waals surface area contributed by atoms with E-state index in [4.69, 9.17) is 5.73 Å². The number of benzene rings is 1. The monoisotopic (exact) mass is 250 g/mol. The maximum atomic E-state index is 12.3. The molecule has 5 heteroatoms. The summed E-state index contributed by atoms with van der Waals surface area (Å²) in [4.78, 5) is 25.7. The normalized spacial score (nSPS) is 19.4. The largest absolute Gasteiger partial charge is 0.368 e. The van der Waals surface area contributed by atoms with Crippen molar-refractivity contribution in [1.82, 2.24) is 4.90 Å². The Balaban J connectivity index is 2.26. The first kappa shape index (κ1) is 12.0. The second-order valence-corrected chi connectivity index (χ2v) is 4.56. The van der Waals surface area contributed by atoms with Crippen molar-refractivity contribution in [2.24, 2.45) is 5.73 Å². The molecule has 1 aliphatic heterocycles. The molecule has 0 saturated carbocycles. The van der Waals surface area contributed by atoms with Gasteiger partial charge in [0, 0.05) is 11.4 Å². The predicted octanol–water partition coefficient (Wildman–Crippen LogP) is 1.07. The number of likely N-dealkylation sites (tertiary alicyclic amines) is 1. The highest BCUT2D eigenvalue weighted by molar-refractivity contribution is 7.80. The highest BCUT2D eigenvalue weighted by atomic mass is 32.1. The lowest BCUT2D eigenvalue weighted by molar-refractivity contribution is -0.121. The van der Waals surface area contributed by atoms with Crippen LogP contribution in [0.1, 0.15) is 23.2 Å². The molecular weight excluding hydrogens is 236 g/mol. The standard InChI is InChI=1S/C12H14N2O2S/c13-11(15)9-5-3-7-14(9)12(16)8-4-1-2-6-10(8)17/h1-2,4,6,9,17H,3,5,7H2,(H2,13,15). The van der Waals surface area contributed by atoms with Crippen molar-refractivity contribution >= 4 is 24.4 Å². The minimum atomic E-state index is -0.476. The quantitative estimate of drug-likeness (QED) is 0.771. The Morgan fingerprint density at radius 3 is 2.71 bits per heavy atom. The van der Waals surface area contributed by atoms with Crippen molar-refractivity contribution in [3.05, 3.63) is 29.8 Å². The van der Waals surface area contributed by atoms with Crippen LogP contribution < -0.4 is 5.73 Å². The van der Waals surface area contributed by atoms with Gasteiger partial charge in [-0.05, 0) is 25.0 Å². The van der Waals surface area contributed by atoms with Crippen LogP contribution in [0.15, 0.2) is 29.2 Å². The van der Waals surface area contributed by atoms with Crippen LogP contribution in [0.5, 0.6) is 0 Å². The first-order valence-electron chi connectivity index (χ1n) is 5.49. The molecule has 1 fully saturated rings. The number of hydrogen-bond acceptors (Lipinski definition) is 3. The number of amides is 2. The number of nitrogens with two attached hydrogens (primary N) is 1. The smallest absolute Gasteiger partial charge is 0.255 e. The highest BCUT2D eigenvalue weighted by Crippen LogP contribution is 2.22. The van der Waals surface area contributed by atoms with Crippen molar-refractivity contribution in [3.8, 4) is 0 Å². The van der Waals surface area contributed by atoms with E-state index in [-0.39, 0.29) is 5.91 Å². The number of nitrogens with zero attached hydrogens (tertiary/aromatic N) is 1. The summed E-state index contributed by atoms with van der Waals surface area (Å²) < 4.78 is 0. The number of primary amides is 1. The third-order valence-corrected chi connectivity index (χ3v) is 3.37. The second-order valence-electron chi connectivity index (χ2n) is 4.08. The van der Waals surface area contributed by atoms with Crippen molar-refractivity contribution in [2.75, 3.05) is 6.54 Å². The van der Waals surface area contributed by atoms with E-state index in [1.54, 1.807) is 18.2 Å². The number of hydrogen-bond donors (Lipinski definition) is 2. The lowest BCUT2D eigenvalue weighted by atomic mass is 10.1. The predicted molar refractivity (Wildman–Crippen MR) is 66.9 cm³/mol. The molecule has 1 aromatic rings. The molecule has 1 aromatic carbocycles. The molecule has 1 heterocycles. The topological polar surface area (TPSA) is 63.4 Å². The Hall–Kier alpha value is -1.49. The third-order valence-electron chi connectivity index (χ3n) is 2.98. The van der Waals surface area contributed by atoms with E-state index in [0.29, 0.717) is 23.4 Å². The molecule has 0 aromatic heterocycles. The van der Waals surface area contributed by atoms with Crippen LogP contribution >= 0.6 is 12.6 Å². The molecule has 2 N–H and O–H groups in total. The molecule has 2 rings (SSSR count). The van der Waals surface area contributed by atoms with Gasteiger partial charge in [-0.15, -0.1) is 12.6 Å². The van der Waals surface area contributed by atoms with E-state index < -0.39 is 11.9 Å². The zero-order chi connectivity index (χ0) is 12.4. The van der Waals surface area contributed by atoms with E-state index in [9.17, 15) is 9.59 Å². The summed E-state index contributed by atoms with van der Waals surface area (Å²) in [7, 11) is 0. The van der Waals surface area contributed by atoms with Crippen molar-refractivity contribution < 1.29 is 9.59 Å². The Kier molecular flexibility index (Phi) is 3.38. The maximum absolute atomic E-state index is 12.3. The molecular formula is C12H14N2O2S. The van der Waals surface area contributed by atoms with E-state index in [1.165, 1.54) is 4.90 Å². The first-order valence-corrected chi connectivity index (χ1v) is 5.94. The Labute approximate surface area is 105 Å². The van der Waals surface area contributed by atoms with Gasteiger partial charge in [-0.1, -0.05) is 12.1 Å². The highest BCUT2D eigenvalue weighted by Gasteiger charge is 2.33. The summed E-state index contributed by atoms with van der Waals surface area (Å²) in [5, 5.41) is 0. The summed E-state index contributed by atoms with van der Waals surface area (Å²) in [5.74, 6) is -0.607. The van der Waals surface area contributed by atoms with Gasteiger partial charge in [-0.2, -0.15) is 0 Å². The Bertz CT molecular complexity index is 462. The Morgan fingerprint density at radius 1 is 1.35 bits per heavy atom. The second kappa shape index (κ2) is 4.79. The first-order chi connectivity index (χ1) is 8.11. The summed E-state index contributed by atoms with van der Waals surface area (Å²) in [6, 6.07) is 6.58. The van der Waals surface area contributed by atoms with Gasteiger partial charge in [0.25, 0.3) is 5.91 Å². The molecule has 1 atom stereocenters. The van der Waals surface area contributed by atoms with Gasteiger partial charge in [0.2, 0.25) is 5.91 Å². The molecule has 0 radical (unpaired) electrons. The molecule has 17 heavy (non-hydrogen) atoms. The minimum absolute atomic E-state index is 0.170. The van der Waals surface area contributed by atoms with Crippen LogP contribution in [-0.4, -0.2) is 29.3 Å². The number of thiol groups is 1. The summed E-state index contributed by atoms with van der Waals surface area (Å²) >= 11 is 4.25. The third kappa shape index (κ3) is 2.29. The fourth-order valence-corrected chi connectivity index (χ4v) is 2.37. The zero-order valence-electron chi connectivity index (χ0n) is 9.30. The fraction of sp³-hybridized carbons (Fsp3) is 0.333. The molecule has 2 amide bonds. The molecule has 0 bridgehead atoms. The van der Waals surface area contributed by atoms with Crippen LogP contribution in [0.3, 0.4) is 0 Å². The SMILES string of the molecule is NC(=O)C1CCCN1C(=O)c1ccccc1S. The molecule has 90 valence electrons. The zero-order valence-corrected chi connectivity index (χ0v) is 10.2. The summed E-state index contributed by atoms with van der Waals surface area (Å²) in [5.41, 5.74) is 5.81. The molecule has 4 nitrogen and oxygen atoms in total. The van der Waals surface area contributed by atoms with E-state index in [2.05, 4.69) is 12.6 Å². The van der Waals surface area contributed by atoms with Crippen molar-refractivity contribution in [2.45, 2.75) is 23.8 Å². The Morgan fingerprint density at radius 2 is 2.06 bits per heavy atom. The molecule has 1 saturated heterocycles. The van der Waals surface area contributed by atoms with Gasteiger partial charge in [-0.25, -0.2) is 0 Å². The van der Waals surface area contributed by atoms with Crippen molar-refractivity contribution in [3.63, 3.8) is 0 Å². The average Bonchev–Trinajstić information content (AvgIpc) is 2.77. The van der Waals surface area contributed by atoms with Gasteiger partial charge >= 0.3 is 0 Å². The van der Waals surface area contributed by atoms with Gasteiger partial charge < -0.3 is 10.6 Å². The lowest BCUT2D eigenvalue weighted by Crippen LogP contribution is -2.43. The number of carbonyl (C=O) groups is 2. The van der Waals surface area contributed by atoms with Gasteiger partial charge in [0.05, 0.1) is 5.56 Å². The van der Waals surface area contributed by atoms with Crippen LogP contribution in [0.4, 0.5) is 0 Å². The minimum Gasteiger partial charge on any atom is -0.368 e. The molecule has 1 aliphatic rings. The maximum Gasteiger partial charge on any atom is 0.255 e. The van der Waals surface area contributed by atoms with Crippen LogP contribution in [0.2, 0.25) is 0 Å². The fourth-order valence-electron chi connectivity index (χ4n) is 2.11. The summed E-state index contributed by atoms with van der Waals surface area (Å²) in [6.07, 6.45) is 1.46. The van der Waals surface area contributed by atoms with Gasteiger partial charge in [0.1, 0.15) is 6.04 Å². The van der Waals surface area contributed by atoms with Gasteiger partial charge in [-0.3, -0.25) is 9.59 Å². The molecule has 0 spiro atoms. The molecule has 1 unspecified atom stereocenters. The van der Waals surface area contributed by atoms with E-state index in [0.717, 1.165) is 6.42 Å². The van der Waals surface area contributed by atoms with Gasteiger partial charge in [0.15, 0.2) is 0 Å². The average molecular weight is 250 g/mol. The number of carbonyl (C=O) groups excluding carboxylic acids is 2. The van der Waals surface area contributed by atoms with Crippen molar-refractivity contribution in [1.29, 1.82) is 0 Å². The number of rotatable bonds is 2. The van der Waals surface area contributed by atoms with E-state index in [1.807, 2.05) is 6.07 Å². The van der Waals surface area contributed by atoms with Crippen LogP contribution in [0.25, 0.3) is 0 Å². The van der Waals surface area contributed by atoms with Crippen LogP contribution in [0, 0.1) is 0 Å².